The van der Waals surface area contributed by atoms with Gasteiger partial charge in [-0.2, -0.15) is 0 Å². The number of carbonyl (C=O) groups is 3. The van der Waals surface area contributed by atoms with Crippen molar-refractivity contribution in [2.75, 3.05) is 0 Å². The summed E-state index contributed by atoms with van der Waals surface area (Å²) < 4.78 is 0. The molecule has 0 radical (unpaired) electrons. The average Bonchev–Trinajstić information content (AvgIpc) is 3.19. The second-order valence-electron chi connectivity index (χ2n) is 4.92. The summed E-state index contributed by atoms with van der Waals surface area (Å²) in [6.45, 7) is 0. The fourth-order valence-electron chi connectivity index (χ4n) is 2.14. The molecule has 0 saturated heterocycles. The zero-order valence-corrected chi connectivity index (χ0v) is 10.8. The van der Waals surface area contributed by atoms with Gasteiger partial charge in [0, 0.05) is 5.92 Å². The Labute approximate surface area is 116 Å². The van der Waals surface area contributed by atoms with Gasteiger partial charge in [-0.15, -0.1) is 0 Å². The van der Waals surface area contributed by atoms with E-state index >= 15 is 0 Å². The molecule has 1 fully saturated rings. The van der Waals surface area contributed by atoms with Gasteiger partial charge in [0.15, 0.2) is 0 Å². The van der Waals surface area contributed by atoms with E-state index in [1.54, 1.807) is 0 Å². The van der Waals surface area contributed by atoms with Crippen molar-refractivity contribution in [3.05, 3.63) is 35.9 Å². The average molecular weight is 276 g/mol. The lowest BCUT2D eigenvalue weighted by atomic mass is 10.1. The van der Waals surface area contributed by atoms with Crippen molar-refractivity contribution in [1.82, 2.24) is 5.32 Å². The number of imide groups is 1. The molecular formula is C14H16N2O4. The minimum atomic E-state index is -1.20. The van der Waals surface area contributed by atoms with E-state index in [1.165, 1.54) is 0 Å². The summed E-state index contributed by atoms with van der Waals surface area (Å²) in [5, 5.41) is 10.7. The van der Waals surface area contributed by atoms with E-state index < -0.39 is 24.3 Å². The molecule has 20 heavy (non-hydrogen) atoms. The Morgan fingerprint density at radius 2 is 1.95 bits per heavy atom. The van der Waals surface area contributed by atoms with Crippen molar-refractivity contribution < 1.29 is 19.5 Å². The lowest BCUT2D eigenvalue weighted by Gasteiger charge is -2.09. The third-order valence-electron chi connectivity index (χ3n) is 3.33. The van der Waals surface area contributed by atoms with Crippen molar-refractivity contribution in [3.63, 3.8) is 0 Å². The van der Waals surface area contributed by atoms with Gasteiger partial charge >= 0.3 is 5.97 Å². The number of rotatable bonds is 5. The molecule has 0 aromatic heterocycles. The topological polar surface area (TPSA) is 109 Å². The first-order valence-electron chi connectivity index (χ1n) is 6.36. The summed E-state index contributed by atoms with van der Waals surface area (Å²) in [6.07, 6.45) is 0.198. The SMILES string of the molecule is N[C@@H](CC(=O)O)C(=O)NC(=O)[C@@H]1C[C@H]1c1ccccc1. The molecule has 6 heteroatoms. The zero-order valence-electron chi connectivity index (χ0n) is 10.8. The summed E-state index contributed by atoms with van der Waals surface area (Å²) in [5.41, 5.74) is 6.45. The number of nitrogens with two attached hydrogens (primary N) is 1. The van der Waals surface area contributed by atoms with Crippen LogP contribution in [0.4, 0.5) is 0 Å². The molecule has 0 aliphatic heterocycles. The maximum Gasteiger partial charge on any atom is 0.305 e. The maximum absolute atomic E-state index is 11.9. The van der Waals surface area contributed by atoms with E-state index in [2.05, 4.69) is 5.32 Å². The Bertz CT molecular complexity index is 529. The molecule has 1 aromatic rings. The number of amides is 2. The second kappa shape index (κ2) is 5.83. The molecule has 1 aliphatic rings. The molecule has 4 N–H and O–H groups in total. The highest BCUT2D eigenvalue weighted by Crippen LogP contribution is 2.47. The Morgan fingerprint density at radius 3 is 2.55 bits per heavy atom. The van der Waals surface area contributed by atoms with Crippen LogP contribution in [0.2, 0.25) is 0 Å². The molecule has 3 atom stereocenters. The van der Waals surface area contributed by atoms with Gasteiger partial charge < -0.3 is 10.8 Å². The maximum atomic E-state index is 11.9. The van der Waals surface area contributed by atoms with E-state index in [-0.39, 0.29) is 17.7 Å². The van der Waals surface area contributed by atoms with Crippen LogP contribution in [0, 0.1) is 5.92 Å². The molecule has 0 unspecified atom stereocenters. The van der Waals surface area contributed by atoms with Crippen molar-refractivity contribution in [3.8, 4) is 0 Å². The van der Waals surface area contributed by atoms with Crippen molar-refractivity contribution in [2.24, 2.45) is 11.7 Å². The third kappa shape index (κ3) is 3.42. The minimum Gasteiger partial charge on any atom is -0.481 e. The third-order valence-corrected chi connectivity index (χ3v) is 3.33. The van der Waals surface area contributed by atoms with E-state index in [0.717, 1.165) is 5.56 Å². The summed E-state index contributed by atoms with van der Waals surface area (Å²) in [4.78, 5) is 33.8. The number of aliphatic carboxylic acids is 1. The molecule has 1 saturated carbocycles. The van der Waals surface area contributed by atoms with Crippen molar-refractivity contribution >= 4 is 17.8 Å². The number of nitrogens with one attached hydrogen (secondary N) is 1. The van der Waals surface area contributed by atoms with Gasteiger partial charge in [0.25, 0.3) is 0 Å². The van der Waals surface area contributed by atoms with E-state index in [0.29, 0.717) is 6.42 Å². The lowest BCUT2D eigenvalue weighted by Crippen LogP contribution is -2.45. The fraction of sp³-hybridized carbons (Fsp3) is 0.357. The Morgan fingerprint density at radius 1 is 1.30 bits per heavy atom. The van der Waals surface area contributed by atoms with E-state index in [9.17, 15) is 14.4 Å². The van der Waals surface area contributed by atoms with Crippen LogP contribution in [0.1, 0.15) is 24.3 Å². The van der Waals surface area contributed by atoms with Crippen LogP contribution >= 0.6 is 0 Å². The Balaban J connectivity index is 1.85. The second-order valence-corrected chi connectivity index (χ2v) is 4.92. The normalized spacial score (nSPS) is 21.9. The van der Waals surface area contributed by atoms with Gasteiger partial charge in [-0.1, -0.05) is 30.3 Å². The van der Waals surface area contributed by atoms with Gasteiger partial charge in [-0.05, 0) is 17.9 Å². The van der Waals surface area contributed by atoms with Crippen LogP contribution in [0.5, 0.6) is 0 Å². The number of carboxylic acids is 1. The van der Waals surface area contributed by atoms with Crippen molar-refractivity contribution in [1.29, 1.82) is 0 Å². The number of carboxylic acid groups (broad SMARTS) is 1. The Hall–Kier alpha value is -2.21. The number of benzene rings is 1. The van der Waals surface area contributed by atoms with E-state index in [4.69, 9.17) is 10.8 Å². The molecular weight excluding hydrogens is 260 g/mol. The van der Waals surface area contributed by atoms with Crippen LogP contribution in [-0.4, -0.2) is 28.9 Å². The van der Waals surface area contributed by atoms with Crippen LogP contribution in [0.15, 0.2) is 30.3 Å². The molecule has 2 amide bonds. The molecule has 0 spiro atoms. The van der Waals surface area contributed by atoms with Gasteiger partial charge in [0.05, 0.1) is 12.5 Å². The number of carbonyl (C=O) groups excluding carboxylic acids is 2. The number of hydrogen-bond donors (Lipinski definition) is 3. The first-order valence-corrected chi connectivity index (χ1v) is 6.36. The first-order chi connectivity index (χ1) is 9.49. The highest BCUT2D eigenvalue weighted by atomic mass is 16.4. The summed E-state index contributed by atoms with van der Waals surface area (Å²) in [6, 6.07) is 8.37. The molecule has 0 bridgehead atoms. The van der Waals surface area contributed by atoms with Crippen LogP contribution in [0.25, 0.3) is 0 Å². The molecule has 106 valence electrons. The molecule has 1 aliphatic carbocycles. The standard InChI is InChI=1S/C14H16N2O4/c15-11(7-12(17)18)14(20)16-13(19)10-6-9(10)8-4-2-1-3-5-8/h1-5,9-11H,6-7,15H2,(H,17,18)(H,16,19,20)/t9-,10+,11-/m0/s1. The molecule has 6 nitrogen and oxygen atoms in total. The van der Waals surface area contributed by atoms with Crippen LogP contribution in [-0.2, 0) is 14.4 Å². The predicted octanol–water partition coefficient (Wildman–Crippen LogP) is 0.235. The number of hydrogen-bond acceptors (Lipinski definition) is 4. The molecule has 0 heterocycles. The van der Waals surface area contributed by atoms with Crippen LogP contribution < -0.4 is 11.1 Å². The smallest absolute Gasteiger partial charge is 0.305 e. The summed E-state index contributed by atoms with van der Waals surface area (Å²) >= 11 is 0. The van der Waals surface area contributed by atoms with Gasteiger partial charge in [-0.3, -0.25) is 19.7 Å². The Kier molecular flexibility index (Phi) is 4.14. The minimum absolute atomic E-state index is 0.125. The summed E-state index contributed by atoms with van der Waals surface area (Å²) in [7, 11) is 0. The highest BCUT2D eigenvalue weighted by molar-refractivity contribution is 6.01. The lowest BCUT2D eigenvalue weighted by molar-refractivity contribution is -0.140. The van der Waals surface area contributed by atoms with Gasteiger partial charge in [-0.25, -0.2) is 0 Å². The van der Waals surface area contributed by atoms with Gasteiger partial charge in [0.1, 0.15) is 0 Å². The fourth-order valence-corrected chi connectivity index (χ4v) is 2.14. The highest BCUT2D eigenvalue weighted by Gasteiger charge is 2.44. The van der Waals surface area contributed by atoms with E-state index in [1.807, 2.05) is 30.3 Å². The predicted molar refractivity (Wildman–Crippen MR) is 70.7 cm³/mol. The van der Waals surface area contributed by atoms with Crippen LogP contribution in [0.3, 0.4) is 0 Å². The largest absolute Gasteiger partial charge is 0.481 e. The quantitative estimate of drug-likeness (QED) is 0.713. The zero-order chi connectivity index (χ0) is 14.7. The summed E-state index contributed by atoms with van der Waals surface area (Å²) in [5.74, 6) is -2.41. The molecule has 1 aromatic carbocycles. The molecule has 2 rings (SSSR count). The first kappa shape index (κ1) is 14.2. The van der Waals surface area contributed by atoms with Gasteiger partial charge in [0.2, 0.25) is 11.8 Å². The monoisotopic (exact) mass is 276 g/mol. The van der Waals surface area contributed by atoms with Crippen molar-refractivity contribution in [2.45, 2.75) is 24.8 Å².